The molecule has 0 aliphatic carbocycles. The zero-order valence-electron chi connectivity index (χ0n) is 10.7. The third-order valence-corrected chi connectivity index (χ3v) is 2.96. The molecule has 0 bridgehead atoms. The van der Waals surface area contributed by atoms with Gasteiger partial charge in [-0.25, -0.2) is 0 Å². The Morgan fingerprint density at radius 2 is 1.83 bits per heavy atom. The van der Waals surface area contributed by atoms with Crippen LogP contribution in [-0.4, -0.2) is 15.7 Å². The van der Waals surface area contributed by atoms with Gasteiger partial charge in [-0.05, 0) is 24.7 Å². The molecule has 0 amide bonds. The lowest BCUT2D eigenvalue weighted by Crippen LogP contribution is -2.22. The summed E-state index contributed by atoms with van der Waals surface area (Å²) < 4.78 is 3.92. The van der Waals surface area contributed by atoms with Crippen LogP contribution in [0.3, 0.4) is 0 Å². The zero-order valence-corrected chi connectivity index (χ0v) is 10.7. The van der Waals surface area contributed by atoms with E-state index in [9.17, 15) is 4.79 Å². The third kappa shape index (κ3) is 3.11. The molecule has 2 heterocycles. The first kappa shape index (κ1) is 12.6. The van der Waals surface area contributed by atoms with Gasteiger partial charge in [-0.1, -0.05) is 13.0 Å². The zero-order chi connectivity index (χ0) is 12.8. The van der Waals surface area contributed by atoms with Crippen LogP contribution in [0.2, 0.25) is 0 Å². The Kier molecular flexibility index (Phi) is 4.36. The van der Waals surface area contributed by atoms with Gasteiger partial charge in [-0.2, -0.15) is 0 Å². The third-order valence-electron chi connectivity index (χ3n) is 2.96. The number of hydrogen-bond acceptors (Lipinski definition) is 2. The lowest BCUT2D eigenvalue weighted by Gasteiger charge is -2.10. The Labute approximate surface area is 107 Å². The fraction of sp³-hybridized carbons (Fsp3) is 0.357. The molecule has 0 radical (unpaired) electrons. The molecule has 0 saturated carbocycles. The van der Waals surface area contributed by atoms with Gasteiger partial charge >= 0.3 is 0 Å². The fourth-order valence-corrected chi connectivity index (χ4v) is 1.94. The summed E-state index contributed by atoms with van der Waals surface area (Å²) in [6, 6.07) is 9.40. The average Bonchev–Trinajstić information content (AvgIpc) is 2.83. The summed E-state index contributed by atoms with van der Waals surface area (Å²) >= 11 is 0. The number of pyridine rings is 1. The lowest BCUT2D eigenvalue weighted by atomic mass is 10.4. The molecule has 0 saturated heterocycles. The summed E-state index contributed by atoms with van der Waals surface area (Å²) in [6.07, 6.45) is 3.89. The number of aryl methyl sites for hydroxylation is 2. The molecule has 1 N–H and O–H groups in total. The molecular weight excluding hydrogens is 226 g/mol. The van der Waals surface area contributed by atoms with Gasteiger partial charge < -0.3 is 14.5 Å². The molecule has 0 aliphatic rings. The first-order valence-corrected chi connectivity index (χ1v) is 6.31. The van der Waals surface area contributed by atoms with Crippen molar-refractivity contribution in [3.63, 3.8) is 0 Å². The molecule has 0 fully saturated rings. The lowest BCUT2D eigenvalue weighted by molar-refractivity contribution is 0.542. The van der Waals surface area contributed by atoms with Gasteiger partial charge in [0.1, 0.15) is 0 Å². The van der Waals surface area contributed by atoms with Crippen LogP contribution in [0.5, 0.6) is 0 Å². The normalized spacial score (nSPS) is 10.7. The van der Waals surface area contributed by atoms with E-state index in [1.165, 1.54) is 5.69 Å². The van der Waals surface area contributed by atoms with Crippen molar-refractivity contribution in [2.45, 2.75) is 26.6 Å². The molecule has 4 heteroatoms. The van der Waals surface area contributed by atoms with Gasteiger partial charge in [0, 0.05) is 43.8 Å². The number of aromatic nitrogens is 2. The summed E-state index contributed by atoms with van der Waals surface area (Å²) in [5.74, 6) is 0. The minimum atomic E-state index is 0.0536. The molecule has 2 rings (SSSR count). The van der Waals surface area contributed by atoms with Crippen LogP contribution in [0.1, 0.15) is 12.6 Å². The molecule has 18 heavy (non-hydrogen) atoms. The maximum Gasteiger partial charge on any atom is 0.250 e. The van der Waals surface area contributed by atoms with E-state index in [0.717, 1.165) is 19.6 Å². The molecule has 96 valence electrons. The summed E-state index contributed by atoms with van der Waals surface area (Å²) in [4.78, 5) is 11.6. The second kappa shape index (κ2) is 6.21. The van der Waals surface area contributed by atoms with E-state index in [2.05, 4.69) is 29.1 Å². The molecule has 2 aromatic rings. The highest BCUT2D eigenvalue weighted by Gasteiger charge is 2.00. The maximum absolute atomic E-state index is 11.6. The van der Waals surface area contributed by atoms with Crippen LogP contribution < -0.4 is 10.9 Å². The number of nitrogens with zero attached hydrogens (tertiary/aromatic N) is 2. The van der Waals surface area contributed by atoms with Crippen molar-refractivity contribution in [2.75, 3.05) is 6.54 Å². The van der Waals surface area contributed by atoms with Gasteiger partial charge in [0.2, 0.25) is 0 Å². The second-order valence-electron chi connectivity index (χ2n) is 4.21. The number of hydrogen-bond donors (Lipinski definition) is 1. The highest BCUT2D eigenvalue weighted by Crippen LogP contribution is 2.02. The first-order valence-electron chi connectivity index (χ1n) is 6.31. The topological polar surface area (TPSA) is 39.0 Å². The quantitative estimate of drug-likeness (QED) is 0.837. The van der Waals surface area contributed by atoms with E-state index < -0.39 is 0 Å². The van der Waals surface area contributed by atoms with Crippen molar-refractivity contribution >= 4 is 0 Å². The largest absolute Gasteiger partial charge is 0.348 e. The minimum Gasteiger partial charge on any atom is -0.348 e. The van der Waals surface area contributed by atoms with Crippen LogP contribution in [-0.2, 0) is 19.6 Å². The van der Waals surface area contributed by atoms with Gasteiger partial charge in [0.25, 0.3) is 5.56 Å². The Hall–Kier alpha value is -1.81. The van der Waals surface area contributed by atoms with Crippen LogP contribution >= 0.6 is 0 Å². The van der Waals surface area contributed by atoms with E-state index in [4.69, 9.17) is 0 Å². The molecule has 0 atom stereocenters. The van der Waals surface area contributed by atoms with E-state index in [-0.39, 0.29) is 5.56 Å². The number of rotatable bonds is 6. The molecule has 2 aromatic heterocycles. The summed E-state index contributed by atoms with van der Waals surface area (Å²) in [7, 11) is 0. The average molecular weight is 245 g/mol. The monoisotopic (exact) mass is 245 g/mol. The highest BCUT2D eigenvalue weighted by molar-refractivity contribution is 5.07. The Bertz CT molecular complexity index is 542. The van der Waals surface area contributed by atoms with Gasteiger partial charge in [0.05, 0.1) is 0 Å². The van der Waals surface area contributed by atoms with Crippen molar-refractivity contribution in [3.8, 4) is 0 Å². The van der Waals surface area contributed by atoms with Crippen molar-refractivity contribution in [1.29, 1.82) is 0 Å². The Balaban J connectivity index is 2.00. The van der Waals surface area contributed by atoms with E-state index in [1.54, 1.807) is 16.7 Å². The maximum atomic E-state index is 11.6. The smallest absolute Gasteiger partial charge is 0.250 e. The van der Waals surface area contributed by atoms with Crippen molar-refractivity contribution in [3.05, 3.63) is 58.8 Å². The molecule has 0 aromatic carbocycles. The van der Waals surface area contributed by atoms with E-state index in [0.29, 0.717) is 6.54 Å². The van der Waals surface area contributed by atoms with Crippen molar-refractivity contribution in [1.82, 2.24) is 14.5 Å². The van der Waals surface area contributed by atoms with Crippen LogP contribution in [0.25, 0.3) is 0 Å². The minimum absolute atomic E-state index is 0.0536. The number of nitrogens with one attached hydrogen (secondary N) is 1. The molecule has 4 nitrogen and oxygen atoms in total. The Morgan fingerprint density at radius 1 is 1.06 bits per heavy atom. The van der Waals surface area contributed by atoms with Gasteiger partial charge in [0.15, 0.2) is 0 Å². The fourth-order valence-electron chi connectivity index (χ4n) is 1.94. The van der Waals surface area contributed by atoms with Gasteiger partial charge in [-0.3, -0.25) is 4.79 Å². The van der Waals surface area contributed by atoms with Gasteiger partial charge in [-0.15, -0.1) is 0 Å². The molecular formula is C14H19N3O. The first-order chi connectivity index (χ1) is 8.81. The summed E-state index contributed by atoms with van der Waals surface area (Å²) in [5, 5.41) is 3.31. The molecule has 0 unspecified atom stereocenters. The van der Waals surface area contributed by atoms with E-state index >= 15 is 0 Å². The summed E-state index contributed by atoms with van der Waals surface area (Å²) in [5.41, 5.74) is 1.30. The predicted molar refractivity (Wildman–Crippen MR) is 72.5 cm³/mol. The SMILES string of the molecule is CCNCc1cccn1CCn1ccccc1=O. The van der Waals surface area contributed by atoms with E-state index in [1.807, 2.05) is 18.3 Å². The van der Waals surface area contributed by atoms with Crippen LogP contribution in [0.15, 0.2) is 47.5 Å². The Morgan fingerprint density at radius 3 is 2.61 bits per heavy atom. The summed E-state index contributed by atoms with van der Waals surface area (Å²) in [6.45, 7) is 5.44. The standard InChI is InChI=1S/C14H19N3O/c1-2-15-12-13-6-5-9-16(13)10-11-17-8-4-3-7-14(17)18/h3-9,15H,2,10-12H2,1H3. The molecule has 0 spiro atoms. The second-order valence-corrected chi connectivity index (χ2v) is 4.21. The highest BCUT2D eigenvalue weighted by atomic mass is 16.1. The van der Waals surface area contributed by atoms with Crippen molar-refractivity contribution in [2.24, 2.45) is 0 Å². The molecule has 0 aliphatic heterocycles. The van der Waals surface area contributed by atoms with Crippen LogP contribution in [0, 0.1) is 0 Å². The van der Waals surface area contributed by atoms with Crippen LogP contribution in [0.4, 0.5) is 0 Å². The predicted octanol–water partition coefficient (Wildman–Crippen LogP) is 1.46. The van der Waals surface area contributed by atoms with Crippen molar-refractivity contribution < 1.29 is 0 Å².